The molecule has 0 spiro atoms. The van der Waals surface area contributed by atoms with E-state index in [1.165, 1.54) is 35.5 Å². The summed E-state index contributed by atoms with van der Waals surface area (Å²) in [5.74, 6) is 0. The highest BCUT2D eigenvalue weighted by Crippen LogP contribution is 2.38. The molecule has 0 fully saturated rings. The lowest BCUT2D eigenvalue weighted by Gasteiger charge is -2.18. The summed E-state index contributed by atoms with van der Waals surface area (Å²) in [5, 5.41) is 0. The number of thioether (sulfide) groups is 1. The third-order valence-electron chi connectivity index (χ3n) is 2.59. The fraction of sp³-hybridized carbons (Fsp3) is 0.500. The van der Waals surface area contributed by atoms with Crippen LogP contribution in [-0.4, -0.2) is 0 Å². The van der Waals surface area contributed by atoms with Crippen LogP contribution in [0.3, 0.4) is 0 Å². The second-order valence-electron chi connectivity index (χ2n) is 3.70. The van der Waals surface area contributed by atoms with Gasteiger partial charge in [-0.25, -0.2) is 0 Å². The van der Waals surface area contributed by atoms with Crippen molar-refractivity contribution in [3.05, 3.63) is 33.6 Å². The molecule has 0 aromatic carbocycles. The summed E-state index contributed by atoms with van der Waals surface area (Å²) < 4.78 is 0. The average molecular weight is 192 g/mol. The van der Waals surface area contributed by atoms with Gasteiger partial charge < -0.3 is 0 Å². The van der Waals surface area contributed by atoms with Gasteiger partial charge in [-0.05, 0) is 49.5 Å². The fourth-order valence-corrected chi connectivity index (χ4v) is 2.87. The molecule has 0 nitrogen and oxygen atoms in total. The van der Waals surface area contributed by atoms with Crippen molar-refractivity contribution in [2.75, 3.05) is 0 Å². The molecule has 2 rings (SSSR count). The SMILES string of the molecule is CC1=CCC=C(C2=CCCCC2)S1. The molecule has 0 amide bonds. The summed E-state index contributed by atoms with van der Waals surface area (Å²) in [5.41, 5.74) is 1.60. The first-order chi connectivity index (χ1) is 6.36. The van der Waals surface area contributed by atoms with E-state index in [2.05, 4.69) is 25.2 Å². The smallest absolute Gasteiger partial charge is 0.0110 e. The standard InChI is InChI=1S/C12H16S/c1-10-6-5-9-12(13-10)11-7-3-2-4-8-11/h6-7,9H,2-5,8H2,1H3. The Kier molecular flexibility index (Phi) is 2.94. The lowest BCUT2D eigenvalue weighted by molar-refractivity contribution is 0.710. The van der Waals surface area contributed by atoms with Gasteiger partial charge in [-0.2, -0.15) is 0 Å². The molecule has 0 aromatic rings. The molecular formula is C12H16S. The number of rotatable bonds is 1. The van der Waals surface area contributed by atoms with Crippen LogP contribution >= 0.6 is 11.8 Å². The van der Waals surface area contributed by atoms with Gasteiger partial charge in [0.2, 0.25) is 0 Å². The number of hydrogen-bond donors (Lipinski definition) is 0. The molecular weight excluding hydrogens is 176 g/mol. The molecule has 1 aliphatic carbocycles. The normalized spacial score (nSPS) is 23.3. The van der Waals surface area contributed by atoms with Gasteiger partial charge in [0.05, 0.1) is 0 Å². The Morgan fingerprint density at radius 2 is 2.08 bits per heavy atom. The van der Waals surface area contributed by atoms with Gasteiger partial charge in [-0.3, -0.25) is 0 Å². The summed E-state index contributed by atoms with van der Waals surface area (Å²) >= 11 is 1.95. The maximum Gasteiger partial charge on any atom is 0.0110 e. The molecule has 1 heteroatoms. The van der Waals surface area contributed by atoms with E-state index in [9.17, 15) is 0 Å². The Bertz CT molecular complexity index is 281. The molecule has 0 N–H and O–H groups in total. The summed E-state index contributed by atoms with van der Waals surface area (Å²) in [6.07, 6.45) is 13.6. The van der Waals surface area contributed by atoms with Crippen molar-refractivity contribution in [1.82, 2.24) is 0 Å². The van der Waals surface area contributed by atoms with E-state index >= 15 is 0 Å². The van der Waals surface area contributed by atoms with E-state index in [4.69, 9.17) is 0 Å². The third-order valence-corrected chi connectivity index (χ3v) is 3.72. The van der Waals surface area contributed by atoms with Crippen molar-refractivity contribution < 1.29 is 0 Å². The first kappa shape index (κ1) is 9.14. The Labute approximate surface area is 84.8 Å². The Morgan fingerprint density at radius 3 is 2.77 bits per heavy atom. The van der Waals surface area contributed by atoms with Crippen LogP contribution in [0.4, 0.5) is 0 Å². The van der Waals surface area contributed by atoms with E-state index in [0.29, 0.717) is 0 Å². The van der Waals surface area contributed by atoms with Crippen LogP contribution in [0.2, 0.25) is 0 Å². The molecule has 13 heavy (non-hydrogen) atoms. The maximum absolute atomic E-state index is 2.43. The monoisotopic (exact) mass is 192 g/mol. The molecule has 0 unspecified atom stereocenters. The summed E-state index contributed by atoms with van der Waals surface area (Å²) in [6.45, 7) is 2.21. The Morgan fingerprint density at radius 1 is 1.15 bits per heavy atom. The van der Waals surface area contributed by atoms with Crippen LogP contribution < -0.4 is 0 Å². The Balaban J connectivity index is 2.08. The van der Waals surface area contributed by atoms with Crippen LogP contribution in [0.15, 0.2) is 33.6 Å². The fourth-order valence-electron chi connectivity index (χ4n) is 1.85. The van der Waals surface area contributed by atoms with Gasteiger partial charge in [0.15, 0.2) is 0 Å². The van der Waals surface area contributed by atoms with Crippen LogP contribution in [0.5, 0.6) is 0 Å². The van der Waals surface area contributed by atoms with Crippen molar-refractivity contribution in [2.45, 2.75) is 39.0 Å². The maximum atomic E-state index is 2.43. The summed E-state index contributed by atoms with van der Waals surface area (Å²) in [6, 6.07) is 0. The topological polar surface area (TPSA) is 0 Å². The molecule has 0 saturated carbocycles. The van der Waals surface area contributed by atoms with E-state index < -0.39 is 0 Å². The molecule has 0 atom stereocenters. The minimum absolute atomic E-state index is 1.13. The first-order valence-electron chi connectivity index (χ1n) is 5.10. The van der Waals surface area contributed by atoms with Gasteiger partial charge in [-0.1, -0.05) is 30.0 Å². The number of hydrogen-bond acceptors (Lipinski definition) is 1. The zero-order chi connectivity index (χ0) is 9.10. The zero-order valence-corrected chi connectivity index (χ0v) is 8.99. The minimum Gasteiger partial charge on any atom is -0.0952 e. The molecule has 0 radical (unpaired) electrons. The molecule has 0 bridgehead atoms. The van der Waals surface area contributed by atoms with Crippen LogP contribution in [0.1, 0.15) is 39.0 Å². The van der Waals surface area contributed by atoms with Crippen molar-refractivity contribution in [3.8, 4) is 0 Å². The van der Waals surface area contributed by atoms with Gasteiger partial charge in [0.25, 0.3) is 0 Å². The lowest BCUT2D eigenvalue weighted by Crippen LogP contribution is -1.95. The second kappa shape index (κ2) is 4.19. The van der Waals surface area contributed by atoms with Crippen LogP contribution in [0.25, 0.3) is 0 Å². The van der Waals surface area contributed by atoms with Crippen molar-refractivity contribution >= 4 is 11.8 Å². The van der Waals surface area contributed by atoms with Gasteiger partial charge >= 0.3 is 0 Å². The van der Waals surface area contributed by atoms with E-state index in [1.807, 2.05) is 11.8 Å². The van der Waals surface area contributed by atoms with Gasteiger partial charge in [0.1, 0.15) is 0 Å². The van der Waals surface area contributed by atoms with E-state index in [0.717, 1.165) is 6.42 Å². The van der Waals surface area contributed by atoms with Crippen molar-refractivity contribution in [2.24, 2.45) is 0 Å². The molecule has 2 aliphatic rings. The highest BCUT2D eigenvalue weighted by atomic mass is 32.2. The summed E-state index contributed by atoms with van der Waals surface area (Å²) in [7, 11) is 0. The quantitative estimate of drug-likeness (QED) is 0.593. The van der Waals surface area contributed by atoms with E-state index in [1.54, 1.807) is 5.57 Å². The highest BCUT2D eigenvalue weighted by Gasteiger charge is 2.11. The van der Waals surface area contributed by atoms with Crippen molar-refractivity contribution in [1.29, 1.82) is 0 Å². The first-order valence-corrected chi connectivity index (χ1v) is 5.92. The third kappa shape index (κ3) is 2.28. The lowest BCUT2D eigenvalue weighted by atomic mass is 9.99. The molecule has 0 aromatic heterocycles. The Hall–Kier alpha value is -0.430. The molecule has 0 saturated heterocycles. The molecule has 1 heterocycles. The van der Waals surface area contributed by atoms with Crippen LogP contribution in [0, 0.1) is 0 Å². The van der Waals surface area contributed by atoms with Crippen LogP contribution in [-0.2, 0) is 0 Å². The predicted octanol–water partition coefficient (Wildman–Crippen LogP) is 4.41. The molecule has 70 valence electrons. The van der Waals surface area contributed by atoms with Gasteiger partial charge in [0, 0.05) is 4.91 Å². The summed E-state index contributed by atoms with van der Waals surface area (Å²) in [4.78, 5) is 2.99. The van der Waals surface area contributed by atoms with Gasteiger partial charge in [-0.15, -0.1) is 0 Å². The largest absolute Gasteiger partial charge is 0.0952 e. The highest BCUT2D eigenvalue weighted by molar-refractivity contribution is 8.07. The molecule has 1 aliphatic heterocycles. The average Bonchev–Trinajstić information content (AvgIpc) is 2.19. The minimum atomic E-state index is 1.13. The zero-order valence-electron chi connectivity index (χ0n) is 8.18. The van der Waals surface area contributed by atoms with E-state index in [-0.39, 0.29) is 0 Å². The van der Waals surface area contributed by atoms with Crippen molar-refractivity contribution in [3.63, 3.8) is 0 Å². The second-order valence-corrected chi connectivity index (χ2v) is 4.98. The predicted molar refractivity (Wildman–Crippen MR) is 60.6 cm³/mol. The number of allylic oxidation sites excluding steroid dienone is 5.